The second kappa shape index (κ2) is 5.48. The highest BCUT2D eigenvalue weighted by molar-refractivity contribution is 5.15. The van der Waals surface area contributed by atoms with Crippen molar-refractivity contribution >= 4 is 0 Å². The Balaban J connectivity index is 1.90. The van der Waals surface area contributed by atoms with E-state index in [-0.39, 0.29) is 5.41 Å². The zero-order valence-corrected chi connectivity index (χ0v) is 12.3. The van der Waals surface area contributed by atoms with E-state index in [1.807, 2.05) is 6.92 Å². The molecule has 0 unspecified atom stereocenters. The lowest BCUT2D eigenvalue weighted by atomic mass is 9.83. The second-order valence-corrected chi connectivity index (χ2v) is 6.55. The van der Waals surface area contributed by atoms with Gasteiger partial charge in [0, 0.05) is 17.5 Å². The van der Waals surface area contributed by atoms with Gasteiger partial charge in [-0.25, -0.2) is 0 Å². The third kappa shape index (κ3) is 3.38. The summed E-state index contributed by atoms with van der Waals surface area (Å²) in [5.74, 6) is 2.12. The molecule has 0 aliphatic heterocycles. The molecule has 1 heterocycles. The maximum atomic E-state index is 5.79. The van der Waals surface area contributed by atoms with E-state index in [1.54, 1.807) is 0 Å². The highest BCUT2D eigenvalue weighted by atomic mass is 16.3. The van der Waals surface area contributed by atoms with Gasteiger partial charge in [0.15, 0.2) is 0 Å². The molecule has 2 heteroatoms. The van der Waals surface area contributed by atoms with Gasteiger partial charge in [0.25, 0.3) is 0 Å². The van der Waals surface area contributed by atoms with Gasteiger partial charge in [-0.05, 0) is 45.2 Å². The number of hydrogen-bond acceptors (Lipinski definition) is 2. The molecule has 0 saturated heterocycles. The smallest absolute Gasteiger partial charge is 0.109 e. The first kappa shape index (κ1) is 13.7. The molecular formula is C16H27NO. The molecule has 1 N–H and O–H groups in total. The first-order valence-corrected chi connectivity index (χ1v) is 7.30. The van der Waals surface area contributed by atoms with E-state index in [0.717, 1.165) is 24.0 Å². The van der Waals surface area contributed by atoms with Gasteiger partial charge in [0.05, 0.1) is 0 Å². The van der Waals surface area contributed by atoms with Crippen molar-refractivity contribution < 1.29 is 4.42 Å². The van der Waals surface area contributed by atoms with Crippen LogP contribution in [0.3, 0.4) is 0 Å². The molecule has 2 nitrogen and oxygen atoms in total. The molecular weight excluding hydrogens is 222 g/mol. The standard InChI is InChI=1S/C16H27NO/c1-12(17-14-7-5-6-8-14)11-16(3,4)15-10-9-13(2)18-15/h9-10,12,14,17H,5-8,11H2,1-4H3/t12-/m0/s1. The monoisotopic (exact) mass is 249 g/mol. The third-order valence-electron chi connectivity index (χ3n) is 4.10. The maximum absolute atomic E-state index is 5.79. The van der Waals surface area contributed by atoms with Gasteiger partial charge < -0.3 is 9.73 Å². The normalized spacial score (nSPS) is 19.3. The minimum absolute atomic E-state index is 0.110. The van der Waals surface area contributed by atoms with Crippen molar-refractivity contribution in [3.8, 4) is 0 Å². The Morgan fingerprint density at radius 1 is 1.33 bits per heavy atom. The zero-order chi connectivity index (χ0) is 13.2. The first-order chi connectivity index (χ1) is 8.47. The molecule has 0 amide bonds. The highest BCUT2D eigenvalue weighted by Gasteiger charge is 2.28. The van der Waals surface area contributed by atoms with Crippen molar-refractivity contribution in [3.63, 3.8) is 0 Å². The van der Waals surface area contributed by atoms with Crippen LogP contribution in [0.4, 0.5) is 0 Å². The second-order valence-electron chi connectivity index (χ2n) is 6.55. The Hall–Kier alpha value is -0.760. The average molecular weight is 249 g/mol. The summed E-state index contributed by atoms with van der Waals surface area (Å²) in [6, 6.07) is 5.48. The number of rotatable bonds is 5. The van der Waals surface area contributed by atoms with Crippen LogP contribution in [0.1, 0.15) is 64.4 Å². The van der Waals surface area contributed by atoms with Crippen LogP contribution in [0.5, 0.6) is 0 Å². The van der Waals surface area contributed by atoms with Gasteiger partial charge in [-0.3, -0.25) is 0 Å². The number of aryl methyl sites for hydroxylation is 1. The summed E-state index contributed by atoms with van der Waals surface area (Å²) in [6.07, 6.45) is 6.61. The molecule has 1 aromatic rings. The average Bonchev–Trinajstić information content (AvgIpc) is 2.88. The maximum Gasteiger partial charge on any atom is 0.109 e. The minimum atomic E-state index is 0.110. The van der Waals surface area contributed by atoms with E-state index in [1.165, 1.54) is 25.7 Å². The van der Waals surface area contributed by atoms with E-state index >= 15 is 0 Å². The van der Waals surface area contributed by atoms with Gasteiger partial charge in [0.2, 0.25) is 0 Å². The number of nitrogens with one attached hydrogen (secondary N) is 1. The fraction of sp³-hybridized carbons (Fsp3) is 0.750. The fourth-order valence-electron chi connectivity index (χ4n) is 3.22. The van der Waals surface area contributed by atoms with Crippen LogP contribution in [-0.4, -0.2) is 12.1 Å². The van der Waals surface area contributed by atoms with Crippen LogP contribution >= 0.6 is 0 Å². The topological polar surface area (TPSA) is 25.2 Å². The summed E-state index contributed by atoms with van der Waals surface area (Å²) in [5, 5.41) is 3.77. The lowest BCUT2D eigenvalue weighted by Gasteiger charge is -2.28. The summed E-state index contributed by atoms with van der Waals surface area (Å²) in [4.78, 5) is 0. The number of hydrogen-bond donors (Lipinski definition) is 1. The lowest BCUT2D eigenvalue weighted by molar-refractivity contribution is 0.306. The van der Waals surface area contributed by atoms with Crippen LogP contribution < -0.4 is 5.32 Å². The zero-order valence-electron chi connectivity index (χ0n) is 12.3. The quantitative estimate of drug-likeness (QED) is 0.847. The fourth-order valence-corrected chi connectivity index (χ4v) is 3.22. The lowest BCUT2D eigenvalue weighted by Crippen LogP contribution is -2.38. The molecule has 2 rings (SSSR count). The summed E-state index contributed by atoms with van der Waals surface area (Å²) in [6.45, 7) is 8.87. The molecule has 0 bridgehead atoms. The molecule has 1 aromatic heterocycles. The van der Waals surface area contributed by atoms with E-state index in [9.17, 15) is 0 Å². The number of furan rings is 1. The van der Waals surface area contributed by atoms with Crippen LogP contribution in [0.2, 0.25) is 0 Å². The molecule has 1 atom stereocenters. The van der Waals surface area contributed by atoms with Gasteiger partial charge in [-0.2, -0.15) is 0 Å². The molecule has 0 spiro atoms. The van der Waals surface area contributed by atoms with E-state index in [4.69, 9.17) is 4.42 Å². The molecule has 18 heavy (non-hydrogen) atoms. The van der Waals surface area contributed by atoms with E-state index < -0.39 is 0 Å². The van der Waals surface area contributed by atoms with Crippen molar-refractivity contribution in [2.75, 3.05) is 0 Å². The van der Waals surface area contributed by atoms with Gasteiger partial charge in [0.1, 0.15) is 11.5 Å². The Labute approximate surface area is 111 Å². The van der Waals surface area contributed by atoms with E-state index in [2.05, 4.69) is 38.2 Å². The van der Waals surface area contributed by atoms with Gasteiger partial charge in [-0.15, -0.1) is 0 Å². The summed E-state index contributed by atoms with van der Waals surface area (Å²) < 4.78 is 5.79. The SMILES string of the molecule is Cc1ccc(C(C)(C)C[C@H](C)NC2CCCC2)o1. The van der Waals surface area contributed by atoms with Gasteiger partial charge in [-0.1, -0.05) is 26.7 Å². The molecule has 0 aromatic carbocycles. The molecule has 1 aliphatic carbocycles. The summed E-state index contributed by atoms with van der Waals surface area (Å²) >= 11 is 0. The van der Waals surface area contributed by atoms with Crippen molar-refractivity contribution in [3.05, 3.63) is 23.7 Å². The molecule has 1 fully saturated rings. The summed E-state index contributed by atoms with van der Waals surface area (Å²) in [5.41, 5.74) is 0.110. The van der Waals surface area contributed by atoms with Crippen molar-refractivity contribution in [2.45, 2.75) is 77.3 Å². The van der Waals surface area contributed by atoms with Crippen LogP contribution in [-0.2, 0) is 5.41 Å². The highest BCUT2D eigenvalue weighted by Crippen LogP contribution is 2.30. The molecule has 1 aliphatic rings. The summed E-state index contributed by atoms with van der Waals surface area (Å²) in [7, 11) is 0. The predicted molar refractivity (Wildman–Crippen MR) is 75.9 cm³/mol. The molecule has 0 radical (unpaired) electrons. The van der Waals surface area contributed by atoms with Crippen molar-refractivity contribution in [2.24, 2.45) is 0 Å². The Morgan fingerprint density at radius 3 is 2.56 bits per heavy atom. The Bertz CT molecular complexity index is 374. The molecule has 1 saturated carbocycles. The van der Waals surface area contributed by atoms with Crippen LogP contribution in [0, 0.1) is 6.92 Å². The predicted octanol–water partition coefficient (Wildman–Crippen LogP) is 4.18. The van der Waals surface area contributed by atoms with E-state index in [0.29, 0.717) is 6.04 Å². The van der Waals surface area contributed by atoms with Crippen LogP contribution in [0.25, 0.3) is 0 Å². The molecule has 102 valence electrons. The third-order valence-corrected chi connectivity index (χ3v) is 4.10. The van der Waals surface area contributed by atoms with Crippen molar-refractivity contribution in [1.82, 2.24) is 5.32 Å². The largest absolute Gasteiger partial charge is 0.466 e. The minimum Gasteiger partial charge on any atom is -0.466 e. The van der Waals surface area contributed by atoms with Crippen molar-refractivity contribution in [1.29, 1.82) is 0 Å². The Kier molecular flexibility index (Phi) is 4.16. The van der Waals surface area contributed by atoms with Crippen LogP contribution in [0.15, 0.2) is 16.5 Å². The first-order valence-electron chi connectivity index (χ1n) is 7.30. The van der Waals surface area contributed by atoms with Gasteiger partial charge >= 0.3 is 0 Å². The Morgan fingerprint density at radius 2 is 2.00 bits per heavy atom.